The van der Waals surface area contributed by atoms with Gasteiger partial charge in [0.25, 0.3) is 0 Å². The number of halogens is 2. The highest BCUT2D eigenvalue weighted by Crippen LogP contribution is 2.21. The second-order valence-electron chi connectivity index (χ2n) is 2.53. The van der Waals surface area contributed by atoms with Crippen molar-refractivity contribution in [3.63, 3.8) is 0 Å². The number of carbonyl (C=O) groups excluding carboxylic acids is 1. The van der Waals surface area contributed by atoms with E-state index < -0.39 is 0 Å². The highest BCUT2D eigenvalue weighted by Gasteiger charge is 2.05. The molecule has 1 N–H and O–H groups in total. The van der Waals surface area contributed by atoms with Crippen LogP contribution in [0, 0.1) is 0 Å². The van der Waals surface area contributed by atoms with Crippen LogP contribution in [0.25, 0.3) is 0 Å². The summed E-state index contributed by atoms with van der Waals surface area (Å²) in [6.07, 6.45) is 1.89. The predicted molar refractivity (Wildman–Crippen MR) is 58.7 cm³/mol. The van der Waals surface area contributed by atoms with E-state index in [-0.39, 0.29) is 17.9 Å². The zero-order valence-corrected chi connectivity index (χ0v) is 10.3. The third-order valence-corrected chi connectivity index (χ3v) is 2.21. The molecule has 1 rings (SSSR count). The van der Waals surface area contributed by atoms with Gasteiger partial charge in [-0.2, -0.15) is 4.98 Å². The van der Waals surface area contributed by atoms with Crippen LogP contribution in [0.1, 0.15) is 13.3 Å². The normalized spacial score (nSPS) is 9.80. The van der Waals surface area contributed by atoms with Gasteiger partial charge in [0, 0.05) is 12.6 Å². The Balaban J connectivity index is 2.50. The fourth-order valence-electron chi connectivity index (χ4n) is 0.742. The van der Waals surface area contributed by atoms with Crippen molar-refractivity contribution in [2.24, 2.45) is 0 Å². The fourth-order valence-corrected chi connectivity index (χ4v) is 1.17. The van der Waals surface area contributed by atoms with Gasteiger partial charge in [-0.3, -0.25) is 4.79 Å². The molecular formula is C8H9BrClN3O2. The van der Waals surface area contributed by atoms with Gasteiger partial charge in [0.1, 0.15) is 0 Å². The van der Waals surface area contributed by atoms with Crippen LogP contribution in [-0.4, -0.2) is 22.6 Å². The number of nitrogens with one attached hydrogen (secondary N) is 1. The highest BCUT2D eigenvalue weighted by atomic mass is 79.9. The van der Waals surface area contributed by atoms with Crippen LogP contribution in [0.3, 0.4) is 0 Å². The first-order chi connectivity index (χ1) is 7.13. The Hall–Kier alpha value is -0.880. The fraction of sp³-hybridized carbons (Fsp3) is 0.375. The molecule has 0 aliphatic rings. The number of amides is 1. The number of rotatable bonds is 4. The van der Waals surface area contributed by atoms with Gasteiger partial charge in [0.2, 0.25) is 17.1 Å². The van der Waals surface area contributed by atoms with Gasteiger partial charge in [-0.15, -0.1) is 0 Å². The summed E-state index contributed by atoms with van der Waals surface area (Å²) in [5.74, 6) is 0.206. The second-order valence-corrected chi connectivity index (χ2v) is 3.73. The summed E-state index contributed by atoms with van der Waals surface area (Å²) in [6.45, 7) is 1.81. The van der Waals surface area contributed by atoms with Crippen LogP contribution < -0.4 is 10.1 Å². The zero-order valence-electron chi connectivity index (χ0n) is 7.96. The van der Waals surface area contributed by atoms with Crippen LogP contribution in [0.15, 0.2) is 10.7 Å². The van der Waals surface area contributed by atoms with Crippen molar-refractivity contribution >= 4 is 33.4 Å². The molecule has 5 nitrogen and oxygen atoms in total. The number of ether oxygens (including phenoxy) is 1. The number of nitrogens with zero attached hydrogens (tertiary/aromatic N) is 2. The van der Waals surface area contributed by atoms with E-state index in [2.05, 4.69) is 31.2 Å². The Morgan fingerprint density at radius 3 is 3.13 bits per heavy atom. The molecule has 0 fully saturated rings. The molecule has 0 saturated heterocycles. The van der Waals surface area contributed by atoms with E-state index >= 15 is 0 Å². The molecular weight excluding hydrogens is 285 g/mol. The lowest BCUT2D eigenvalue weighted by Gasteiger charge is -2.07. The van der Waals surface area contributed by atoms with Crippen LogP contribution in [0.4, 0.5) is 0 Å². The Morgan fingerprint density at radius 1 is 1.73 bits per heavy atom. The summed E-state index contributed by atoms with van der Waals surface area (Å²) in [5.41, 5.74) is 0. The third-order valence-electron chi connectivity index (χ3n) is 1.48. The summed E-state index contributed by atoms with van der Waals surface area (Å²) < 4.78 is 5.76. The van der Waals surface area contributed by atoms with E-state index in [1.54, 1.807) is 6.92 Å². The van der Waals surface area contributed by atoms with Crippen LogP contribution in [-0.2, 0) is 4.79 Å². The van der Waals surface area contributed by atoms with Crippen molar-refractivity contribution in [1.82, 2.24) is 15.3 Å². The van der Waals surface area contributed by atoms with Crippen molar-refractivity contribution in [3.8, 4) is 5.88 Å². The van der Waals surface area contributed by atoms with Gasteiger partial charge in [-0.25, -0.2) is 4.98 Å². The first-order valence-electron chi connectivity index (χ1n) is 4.21. The summed E-state index contributed by atoms with van der Waals surface area (Å²) in [4.78, 5) is 18.5. The lowest BCUT2D eigenvalue weighted by atomic mass is 10.5. The maximum Gasteiger partial charge on any atom is 0.234 e. The van der Waals surface area contributed by atoms with Crippen LogP contribution in [0.2, 0.25) is 5.28 Å². The standard InChI is InChI=1S/C8H9BrClN3O2/c1-2-6(14)12-4-15-7-5(9)3-11-8(10)13-7/h3H,2,4H2,1H3,(H,12,14). The minimum absolute atomic E-state index is 0.0542. The van der Waals surface area contributed by atoms with Crippen molar-refractivity contribution in [3.05, 3.63) is 16.0 Å². The molecule has 0 unspecified atom stereocenters. The number of hydrogen-bond acceptors (Lipinski definition) is 4. The van der Waals surface area contributed by atoms with Gasteiger partial charge in [0.05, 0.1) is 4.47 Å². The van der Waals surface area contributed by atoms with E-state index in [1.165, 1.54) is 6.20 Å². The molecule has 0 radical (unpaired) electrons. The molecule has 0 bridgehead atoms. The SMILES string of the molecule is CCC(=O)NCOc1nc(Cl)ncc1Br. The smallest absolute Gasteiger partial charge is 0.234 e. The molecule has 0 saturated carbocycles. The Kier molecular flexibility index (Phi) is 4.77. The Bertz CT molecular complexity index is 362. The van der Waals surface area contributed by atoms with E-state index in [9.17, 15) is 4.79 Å². The van der Waals surface area contributed by atoms with Gasteiger partial charge in [-0.1, -0.05) is 6.92 Å². The largest absolute Gasteiger partial charge is 0.455 e. The summed E-state index contributed by atoms with van der Waals surface area (Å²) in [7, 11) is 0. The molecule has 1 amide bonds. The van der Waals surface area contributed by atoms with Crippen LogP contribution in [0.5, 0.6) is 5.88 Å². The molecule has 7 heteroatoms. The van der Waals surface area contributed by atoms with Gasteiger partial charge >= 0.3 is 0 Å². The minimum Gasteiger partial charge on any atom is -0.455 e. The number of aromatic nitrogens is 2. The average Bonchev–Trinajstić information content (AvgIpc) is 2.23. The molecule has 1 heterocycles. The first kappa shape index (κ1) is 12.2. The summed E-state index contributed by atoms with van der Waals surface area (Å²) >= 11 is 8.77. The van der Waals surface area contributed by atoms with Crippen molar-refractivity contribution in [1.29, 1.82) is 0 Å². The maximum absolute atomic E-state index is 10.9. The third kappa shape index (κ3) is 4.01. The molecule has 1 aromatic rings. The van der Waals surface area contributed by atoms with Gasteiger partial charge < -0.3 is 10.1 Å². The molecule has 0 atom stereocenters. The quantitative estimate of drug-likeness (QED) is 0.679. The lowest BCUT2D eigenvalue weighted by Crippen LogP contribution is -2.27. The minimum atomic E-state index is -0.0914. The van der Waals surface area contributed by atoms with Gasteiger partial charge in [-0.05, 0) is 27.5 Å². The number of hydrogen-bond donors (Lipinski definition) is 1. The Morgan fingerprint density at radius 2 is 2.47 bits per heavy atom. The van der Waals surface area contributed by atoms with Gasteiger partial charge in [0.15, 0.2) is 6.73 Å². The highest BCUT2D eigenvalue weighted by molar-refractivity contribution is 9.10. The molecule has 0 aliphatic carbocycles. The van der Waals surface area contributed by atoms with E-state index in [1.807, 2.05) is 0 Å². The number of carbonyl (C=O) groups is 1. The van der Waals surface area contributed by atoms with Crippen LogP contribution >= 0.6 is 27.5 Å². The predicted octanol–water partition coefficient (Wildman–Crippen LogP) is 1.75. The molecule has 82 valence electrons. The van der Waals surface area contributed by atoms with E-state index in [0.29, 0.717) is 16.8 Å². The molecule has 0 spiro atoms. The zero-order chi connectivity index (χ0) is 11.3. The van der Waals surface area contributed by atoms with Crippen molar-refractivity contribution in [2.75, 3.05) is 6.73 Å². The topological polar surface area (TPSA) is 64.1 Å². The van der Waals surface area contributed by atoms with Crippen molar-refractivity contribution < 1.29 is 9.53 Å². The second kappa shape index (κ2) is 5.87. The molecule has 0 aromatic carbocycles. The first-order valence-corrected chi connectivity index (χ1v) is 5.38. The molecule has 0 aliphatic heterocycles. The summed E-state index contributed by atoms with van der Waals surface area (Å²) in [5, 5.41) is 2.63. The average molecular weight is 295 g/mol. The van der Waals surface area contributed by atoms with Crippen molar-refractivity contribution in [2.45, 2.75) is 13.3 Å². The maximum atomic E-state index is 10.9. The van der Waals surface area contributed by atoms with E-state index in [4.69, 9.17) is 16.3 Å². The summed E-state index contributed by atoms with van der Waals surface area (Å²) in [6, 6.07) is 0. The molecule has 15 heavy (non-hydrogen) atoms. The Labute approximate surface area is 100 Å². The monoisotopic (exact) mass is 293 g/mol. The lowest BCUT2D eigenvalue weighted by molar-refractivity contribution is -0.121. The molecule has 1 aromatic heterocycles. The van der Waals surface area contributed by atoms with E-state index in [0.717, 1.165) is 0 Å².